The van der Waals surface area contributed by atoms with Gasteiger partial charge in [-0.2, -0.15) is 0 Å². The number of anilines is 4. The van der Waals surface area contributed by atoms with E-state index in [1.165, 1.54) is 11.6 Å². The number of hydrogen-bond donors (Lipinski definition) is 3. The van der Waals surface area contributed by atoms with Gasteiger partial charge in [0.15, 0.2) is 5.82 Å². The van der Waals surface area contributed by atoms with Gasteiger partial charge in [-0.1, -0.05) is 37.1 Å². The van der Waals surface area contributed by atoms with E-state index >= 15 is 0 Å². The molecule has 0 atom stereocenters. The van der Waals surface area contributed by atoms with Gasteiger partial charge >= 0.3 is 0 Å². The van der Waals surface area contributed by atoms with Gasteiger partial charge in [0.25, 0.3) is 0 Å². The summed E-state index contributed by atoms with van der Waals surface area (Å²) in [4.78, 5) is 0. The SMILES string of the molecule is CCCCc1ccc(Nc2c(N)cc(N)c(Cl)c2F)cc1. The van der Waals surface area contributed by atoms with Gasteiger partial charge in [0.2, 0.25) is 0 Å². The summed E-state index contributed by atoms with van der Waals surface area (Å²) in [5.41, 5.74) is 13.9. The first-order valence-corrected chi connectivity index (χ1v) is 7.29. The molecule has 0 aromatic heterocycles. The first kappa shape index (κ1) is 15.4. The van der Waals surface area contributed by atoms with Crippen molar-refractivity contribution in [1.29, 1.82) is 0 Å². The molecule has 0 spiro atoms. The zero-order valence-electron chi connectivity index (χ0n) is 11.9. The molecule has 0 saturated heterocycles. The molecule has 0 heterocycles. The molecule has 2 aromatic rings. The Labute approximate surface area is 129 Å². The van der Waals surface area contributed by atoms with Gasteiger partial charge in [0.1, 0.15) is 5.02 Å². The van der Waals surface area contributed by atoms with E-state index in [2.05, 4.69) is 12.2 Å². The van der Waals surface area contributed by atoms with Crippen molar-refractivity contribution in [2.45, 2.75) is 26.2 Å². The summed E-state index contributed by atoms with van der Waals surface area (Å²) in [5.74, 6) is -0.635. The van der Waals surface area contributed by atoms with Crippen LogP contribution in [-0.2, 0) is 6.42 Å². The molecule has 0 saturated carbocycles. The highest BCUT2D eigenvalue weighted by atomic mass is 35.5. The maximum absolute atomic E-state index is 14.1. The van der Waals surface area contributed by atoms with Crippen LogP contribution >= 0.6 is 11.6 Å². The van der Waals surface area contributed by atoms with Crippen molar-refractivity contribution in [3.63, 3.8) is 0 Å². The van der Waals surface area contributed by atoms with Gasteiger partial charge in [-0.05, 0) is 36.6 Å². The van der Waals surface area contributed by atoms with Crippen molar-refractivity contribution in [3.05, 3.63) is 46.7 Å². The normalized spacial score (nSPS) is 10.6. The lowest BCUT2D eigenvalue weighted by Crippen LogP contribution is -2.02. The first-order valence-electron chi connectivity index (χ1n) is 6.91. The van der Waals surface area contributed by atoms with Crippen LogP contribution < -0.4 is 16.8 Å². The molecule has 5 heteroatoms. The van der Waals surface area contributed by atoms with Crippen molar-refractivity contribution < 1.29 is 4.39 Å². The minimum Gasteiger partial charge on any atom is -0.397 e. The number of unbranched alkanes of at least 4 members (excludes halogenated alkanes) is 1. The van der Waals surface area contributed by atoms with Crippen molar-refractivity contribution in [2.75, 3.05) is 16.8 Å². The van der Waals surface area contributed by atoms with Crippen LogP contribution in [-0.4, -0.2) is 0 Å². The predicted molar refractivity (Wildman–Crippen MR) is 88.6 cm³/mol. The van der Waals surface area contributed by atoms with Crippen LogP contribution in [0.2, 0.25) is 5.02 Å². The summed E-state index contributed by atoms with van der Waals surface area (Å²) in [6.07, 6.45) is 3.36. The molecule has 0 aliphatic rings. The molecule has 0 bridgehead atoms. The van der Waals surface area contributed by atoms with Crippen LogP contribution in [0.25, 0.3) is 0 Å². The lowest BCUT2D eigenvalue weighted by atomic mass is 10.1. The quantitative estimate of drug-likeness (QED) is 0.700. The third-order valence-electron chi connectivity index (χ3n) is 3.31. The Bertz CT molecular complexity index is 626. The Morgan fingerprint density at radius 2 is 1.81 bits per heavy atom. The van der Waals surface area contributed by atoms with Gasteiger partial charge in [-0.25, -0.2) is 4.39 Å². The lowest BCUT2D eigenvalue weighted by molar-refractivity contribution is 0.633. The fraction of sp³-hybridized carbons (Fsp3) is 0.250. The summed E-state index contributed by atoms with van der Waals surface area (Å²) < 4.78 is 14.1. The number of benzene rings is 2. The summed E-state index contributed by atoms with van der Waals surface area (Å²) in [6.45, 7) is 2.16. The van der Waals surface area contributed by atoms with E-state index in [0.717, 1.165) is 24.9 Å². The average molecular weight is 308 g/mol. The van der Waals surface area contributed by atoms with Crippen LogP contribution in [0, 0.1) is 5.82 Å². The summed E-state index contributed by atoms with van der Waals surface area (Å²) in [5, 5.41) is 2.83. The topological polar surface area (TPSA) is 64.1 Å². The van der Waals surface area contributed by atoms with Crippen LogP contribution in [0.4, 0.5) is 27.1 Å². The highest BCUT2D eigenvalue weighted by Crippen LogP contribution is 2.35. The van der Waals surface area contributed by atoms with E-state index in [1.807, 2.05) is 24.3 Å². The molecule has 2 aromatic carbocycles. The van der Waals surface area contributed by atoms with Crippen LogP contribution in [0.15, 0.2) is 30.3 Å². The zero-order chi connectivity index (χ0) is 15.4. The van der Waals surface area contributed by atoms with Gasteiger partial charge in [-0.15, -0.1) is 0 Å². The highest BCUT2D eigenvalue weighted by Gasteiger charge is 2.14. The van der Waals surface area contributed by atoms with E-state index in [1.54, 1.807) is 0 Å². The second kappa shape index (κ2) is 6.68. The number of nitrogens with two attached hydrogens (primary N) is 2. The third-order valence-corrected chi connectivity index (χ3v) is 3.69. The first-order chi connectivity index (χ1) is 10.0. The second-order valence-electron chi connectivity index (χ2n) is 4.98. The molecule has 112 valence electrons. The molecular weight excluding hydrogens is 289 g/mol. The molecule has 3 nitrogen and oxygen atoms in total. The fourth-order valence-electron chi connectivity index (χ4n) is 2.07. The van der Waals surface area contributed by atoms with Crippen molar-refractivity contribution in [3.8, 4) is 0 Å². The zero-order valence-corrected chi connectivity index (χ0v) is 12.7. The van der Waals surface area contributed by atoms with Gasteiger partial charge in [0.05, 0.1) is 17.1 Å². The Kier molecular flexibility index (Phi) is 4.91. The van der Waals surface area contributed by atoms with Gasteiger partial charge < -0.3 is 16.8 Å². The number of nitrogen functional groups attached to an aromatic ring is 2. The average Bonchev–Trinajstić information content (AvgIpc) is 2.48. The Hall–Kier alpha value is -1.94. The number of aryl methyl sites for hydroxylation is 1. The maximum Gasteiger partial charge on any atom is 0.169 e. The second-order valence-corrected chi connectivity index (χ2v) is 5.36. The lowest BCUT2D eigenvalue weighted by Gasteiger charge is -2.13. The number of rotatable bonds is 5. The van der Waals surface area contributed by atoms with E-state index < -0.39 is 5.82 Å². The van der Waals surface area contributed by atoms with Crippen LogP contribution in [0.5, 0.6) is 0 Å². The van der Waals surface area contributed by atoms with Crippen molar-refractivity contribution in [1.82, 2.24) is 0 Å². The van der Waals surface area contributed by atoms with Crippen molar-refractivity contribution >= 4 is 34.4 Å². The molecule has 0 fully saturated rings. The Morgan fingerprint density at radius 1 is 1.14 bits per heavy atom. The monoisotopic (exact) mass is 307 g/mol. The van der Waals surface area contributed by atoms with Crippen LogP contribution in [0.1, 0.15) is 25.3 Å². The smallest absolute Gasteiger partial charge is 0.169 e. The molecule has 0 aliphatic heterocycles. The van der Waals surface area contributed by atoms with Gasteiger partial charge in [-0.3, -0.25) is 0 Å². The predicted octanol–water partition coefficient (Wildman–Crippen LogP) is 4.73. The van der Waals surface area contributed by atoms with Crippen molar-refractivity contribution in [2.24, 2.45) is 0 Å². The van der Waals surface area contributed by atoms with Gasteiger partial charge in [0, 0.05) is 5.69 Å². The third kappa shape index (κ3) is 3.58. The number of nitrogens with one attached hydrogen (secondary N) is 1. The summed E-state index contributed by atoms with van der Waals surface area (Å²) in [6, 6.07) is 9.28. The van der Waals surface area contributed by atoms with Crippen LogP contribution in [0.3, 0.4) is 0 Å². The Morgan fingerprint density at radius 3 is 2.43 bits per heavy atom. The standard InChI is InChI=1S/C16H19ClFN3/c1-2-3-4-10-5-7-11(8-6-10)21-16-13(20)9-12(19)14(17)15(16)18/h5-9,21H,2-4,19-20H2,1H3. The molecule has 2 rings (SSSR count). The summed E-state index contributed by atoms with van der Waals surface area (Å²) >= 11 is 5.81. The molecule has 0 amide bonds. The largest absolute Gasteiger partial charge is 0.397 e. The van der Waals surface area contributed by atoms with E-state index in [9.17, 15) is 4.39 Å². The highest BCUT2D eigenvalue weighted by molar-refractivity contribution is 6.33. The fourth-order valence-corrected chi connectivity index (χ4v) is 2.22. The summed E-state index contributed by atoms with van der Waals surface area (Å²) in [7, 11) is 0. The Balaban J connectivity index is 2.20. The maximum atomic E-state index is 14.1. The number of halogens is 2. The molecule has 0 unspecified atom stereocenters. The molecule has 0 radical (unpaired) electrons. The van der Waals surface area contributed by atoms with E-state index in [4.69, 9.17) is 23.1 Å². The molecule has 5 N–H and O–H groups in total. The minimum atomic E-state index is -0.635. The molecule has 0 aliphatic carbocycles. The van der Waals surface area contributed by atoms with E-state index in [-0.39, 0.29) is 22.1 Å². The minimum absolute atomic E-state index is 0.119. The molecular formula is C16H19ClFN3. The molecule has 21 heavy (non-hydrogen) atoms. The number of hydrogen-bond acceptors (Lipinski definition) is 3. The van der Waals surface area contributed by atoms with E-state index in [0.29, 0.717) is 0 Å².